The van der Waals surface area contributed by atoms with Crippen molar-refractivity contribution in [2.75, 3.05) is 0 Å². The fourth-order valence-electron chi connectivity index (χ4n) is 7.44. The number of Topliss-reactive ketones (excluding diaryl/α,β-unsaturated/α-hetero) is 1. The van der Waals surface area contributed by atoms with Gasteiger partial charge in [0.25, 0.3) is 0 Å². The Hall–Kier alpha value is -1.44. The van der Waals surface area contributed by atoms with Gasteiger partial charge in [-0.3, -0.25) is 9.59 Å². The molecule has 2 nitrogen and oxygen atoms in total. The van der Waals surface area contributed by atoms with Crippen LogP contribution in [-0.4, -0.2) is 11.6 Å². The van der Waals surface area contributed by atoms with E-state index in [1.165, 1.54) is 12.0 Å². The molecule has 0 aromatic carbocycles. The van der Waals surface area contributed by atoms with Crippen LogP contribution in [0, 0.1) is 34.0 Å². The Bertz CT molecular complexity index is 741. The first-order valence-corrected chi connectivity index (χ1v) is 9.58. The summed E-state index contributed by atoms with van der Waals surface area (Å²) >= 11 is 0. The van der Waals surface area contributed by atoms with Crippen LogP contribution in [0.3, 0.4) is 0 Å². The van der Waals surface area contributed by atoms with Crippen molar-refractivity contribution in [1.29, 1.82) is 0 Å². The highest BCUT2D eigenvalue weighted by Crippen LogP contribution is 2.77. The molecule has 0 saturated heterocycles. The van der Waals surface area contributed by atoms with Gasteiger partial charge in [0, 0.05) is 11.8 Å². The maximum atomic E-state index is 12.6. The van der Waals surface area contributed by atoms with Crippen molar-refractivity contribution in [3.05, 3.63) is 36.0 Å². The number of hydrogen-bond donors (Lipinski definition) is 0. The summed E-state index contributed by atoms with van der Waals surface area (Å²) in [5.74, 6) is 2.39. The van der Waals surface area contributed by atoms with Gasteiger partial charge >= 0.3 is 0 Å². The van der Waals surface area contributed by atoms with Gasteiger partial charge in [-0.1, -0.05) is 31.2 Å². The summed E-state index contributed by atoms with van der Waals surface area (Å²) in [4.78, 5) is 24.4. The molecule has 0 aromatic rings. The summed E-state index contributed by atoms with van der Waals surface area (Å²) in [5.41, 5.74) is 1.30. The summed E-state index contributed by atoms with van der Waals surface area (Å²) in [6, 6.07) is 0. The molecule has 2 fully saturated rings. The van der Waals surface area contributed by atoms with Crippen LogP contribution in [0.4, 0.5) is 0 Å². The molecule has 24 heavy (non-hydrogen) atoms. The molecule has 1 unspecified atom stereocenters. The maximum Gasteiger partial charge on any atom is 0.155 e. The molecule has 0 aliphatic heterocycles. The Morgan fingerprint density at radius 1 is 1.17 bits per heavy atom. The quantitative estimate of drug-likeness (QED) is 0.670. The zero-order valence-corrected chi connectivity index (χ0v) is 14.7. The zero-order valence-electron chi connectivity index (χ0n) is 14.7. The number of carbonyl (C=O) groups is 2. The van der Waals surface area contributed by atoms with Crippen LogP contribution in [0.2, 0.25) is 0 Å². The van der Waals surface area contributed by atoms with Gasteiger partial charge in [-0.25, -0.2) is 0 Å². The highest BCUT2D eigenvalue weighted by atomic mass is 16.1. The topological polar surface area (TPSA) is 34.1 Å². The van der Waals surface area contributed by atoms with Crippen molar-refractivity contribution in [3.8, 4) is 0 Å². The Balaban J connectivity index is 1.62. The minimum absolute atomic E-state index is 0.0864. The average molecular weight is 322 g/mol. The number of hydrogen-bond acceptors (Lipinski definition) is 2. The zero-order chi connectivity index (χ0) is 16.7. The first kappa shape index (κ1) is 14.9. The van der Waals surface area contributed by atoms with E-state index in [1.54, 1.807) is 6.92 Å². The molecule has 0 heterocycles. The molecule has 0 aromatic heterocycles. The molecule has 0 amide bonds. The van der Waals surface area contributed by atoms with Crippen LogP contribution in [0.25, 0.3) is 0 Å². The third-order valence-corrected chi connectivity index (χ3v) is 8.74. The number of carbonyl (C=O) groups excluding carboxylic acids is 2. The molecule has 126 valence electrons. The lowest BCUT2D eigenvalue weighted by molar-refractivity contribution is -0.134. The normalized spacial score (nSPS) is 51.0. The second-order valence-electron chi connectivity index (χ2n) is 9.08. The molecule has 0 radical (unpaired) electrons. The van der Waals surface area contributed by atoms with E-state index in [9.17, 15) is 9.59 Å². The predicted octanol–water partition coefficient (Wildman–Crippen LogP) is 4.42. The number of fused-ring (bicyclic) bond motifs is 3. The van der Waals surface area contributed by atoms with Crippen LogP contribution in [0.5, 0.6) is 0 Å². The summed E-state index contributed by atoms with van der Waals surface area (Å²) in [7, 11) is 0. The Labute approximate surface area is 144 Å². The van der Waals surface area contributed by atoms with Crippen molar-refractivity contribution in [2.24, 2.45) is 34.0 Å². The van der Waals surface area contributed by atoms with E-state index in [2.05, 4.69) is 31.2 Å². The molecule has 2 saturated carbocycles. The van der Waals surface area contributed by atoms with Gasteiger partial charge in [0.1, 0.15) is 5.78 Å². The molecule has 0 N–H and O–H groups in total. The molecule has 2 heteroatoms. The Morgan fingerprint density at radius 2 is 2.00 bits per heavy atom. The standard InChI is InChI=1S/C22H26O2/c1-14(23)21-9-11-22(12-10-21)19-6-3-15-13-16(24)4-5-17(15)18(19)7-8-20(21,22)2/h3,6,9,11,13,17-19H,4-5,7-8,10,12H2,1-2H3/t17-,18+,19+,20+,21+,22?/m0/s1. The fraction of sp³-hybridized carbons (Fsp3) is 0.636. The molecule has 6 atom stereocenters. The van der Waals surface area contributed by atoms with Crippen LogP contribution >= 0.6 is 0 Å². The number of ketones is 2. The van der Waals surface area contributed by atoms with Gasteiger partial charge in [-0.2, -0.15) is 0 Å². The van der Waals surface area contributed by atoms with Crippen molar-refractivity contribution in [2.45, 2.75) is 52.4 Å². The highest BCUT2D eigenvalue weighted by Gasteiger charge is 2.72. The van der Waals surface area contributed by atoms with Crippen molar-refractivity contribution >= 4 is 11.6 Å². The average Bonchev–Trinajstić information content (AvgIpc) is 2.99. The fourth-order valence-corrected chi connectivity index (χ4v) is 7.44. The van der Waals surface area contributed by atoms with Gasteiger partial charge in [-0.05, 0) is 73.8 Å². The van der Waals surface area contributed by atoms with Gasteiger partial charge < -0.3 is 0 Å². The lowest BCUT2D eigenvalue weighted by Gasteiger charge is -2.57. The van der Waals surface area contributed by atoms with Gasteiger partial charge in [0.15, 0.2) is 5.78 Å². The first-order chi connectivity index (χ1) is 11.4. The van der Waals surface area contributed by atoms with E-state index in [1.807, 2.05) is 6.08 Å². The predicted molar refractivity (Wildman–Crippen MR) is 93.2 cm³/mol. The summed E-state index contributed by atoms with van der Waals surface area (Å²) in [6.45, 7) is 4.19. The molecule has 2 bridgehead atoms. The van der Waals surface area contributed by atoms with Crippen molar-refractivity contribution in [3.63, 3.8) is 0 Å². The molecule has 5 rings (SSSR count). The molecule has 5 aliphatic carbocycles. The van der Waals surface area contributed by atoms with E-state index in [0.717, 1.165) is 25.7 Å². The smallest absolute Gasteiger partial charge is 0.155 e. The Kier molecular flexibility index (Phi) is 2.72. The van der Waals surface area contributed by atoms with Crippen molar-refractivity contribution < 1.29 is 9.59 Å². The van der Waals surface area contributed by atoms with Crippen LogP contribution in [0.15, 0.2) is 36.0 Å². The monoisotopic (exact) mass is 322 g/mol. The highest BCUT2D eigenvalue weighted by molar-refractivity contribution is 5.92. The van der Waals surface area contributed by atoms with Gasteiger partial charge in [0.2, 0.25) is 0 Å². The molecule has 5 aliphatic rings. The van der Waals surface area contributed by atoms with E-state index in [-0.39, 0.29) is 16.2 Å². The van der Waals surface area contributed by atoms with Crippen LogP contribution < -0.4 is 0 Å². The SMILES string of the molecule is CC(=O)[C@@]12C=CC3(CC1)[C@@H]1C=CC4=CC(=O)CC[C@@H]4[C@H]1CC[C@@]32C. The second kappa shape index (κ2) is 4.39. The Morgan fingerprint density at radius 3 is 2.71 bits per heavy atom. The minimum atomic E-state index is -0.218. The largest absolute Gasteiger partial charge is 0.299 e. The lowest BCUT2D eigenvalue weighted by atomic mass is 9.46. The minimum Gasteiger partial charge on any atom is -0.299 e. The van der Waals surface area contributed by atoms with Gasteiger partial charge in [-0.15, -0.1) is 0 Å². The first-order valence-electron chi connectivity index (χ1n) is 9.58. The summed E-state index contributed by atoms with van der Waals surface area (Å²) in [6.07, 6.45) is 17.5. The maximum absolute atomic E-state index is 12.6. The second-order valence-corrected chi connectivity index (χ2v) is 9.08. The third-order valence-electron chi connectivity index (χ3n) is 8.74. The van der Waals surface area contributed by atoms with Crippen LogP contribution in [0.1, 0.15) is 52.4 Å². The molecular formula is C22H26O2. The molecular weight excluding hydrogens is 296 g/mol. The van der Waals surface area contributed by atoms with E-state index < -0.39 is 0 Å². The van der Waals surface area contributed by atoms with E-state index >= 15 is 0 Å². The van der Waals surface area contributed by atoms with Crippen molar-refractivity contribution in [1.82, 2.24) is 0 Å². The summed E-state index contributed by atoms with van der Waals surface area (Å²) in [5, 5.41) is 0. The third kappa shape index (κ3) is 1.41. The van der Waals surface area contributed by atoms with Crippen LogP contribution in [-0.2, 0) is 9.59 Å². The lowest BCUT2D eigenvalue weighted by Crippen LogP contribution is -2.53. The summed E-state index contributed by atoms with van der Waals surface area (Å²) < 4.78 is 0. The van der Waals surface area contributed by atoms with Gasteiger partial charge in [0.05, 0.1) is 5.41 Å². The van der Waals surface area contributed by atoms with E-state index in [0.29, 0.717) is 35.7 Å². The number of rotatable bonds is 1. The molecule has 0 spiro atoms. The number of allylic oxidation sites excluding steroid dienone is 6. The van der Waals surface area contributed by atoms with E-state index in [4.69, 9.17) is 0 Å².